The van der Waals surface area contributed by atoms with Gasteiger partial charge in [0.15, 0.2) is 0 Å². The lowest BCUT2D eigenvalue weighted by molar-refractivity contribution is -0.145. The number of esters is 1. The van der Waals surface area contributed by atoms with Crippen LogP contribution in [-0.2, 0) is 19.0 Å². The van der Waals surface area contributed by atoms with Crippen LogP contribution >= 0.6 is 0 Å². The molecule has 1 heterocycles. The van der Waals surface area contributed by atoms with Crippen molar-refractivity contribution in [1.82, 2.24) is 4.90 Å². The highest BCUT2D eigenvalue weighted by molar-refractivity contribution is 5.70. The van der Waals surface area contributed by atoms with Gasteiger partial charge in [0.1, 0.15) is 0 Å². The van der Waals surface area contributed by atoms with Gasteiger partial charge >= 0.3 is 12.1 Å². The normalized spacial score (nSPS) is 19.9. The molecule has 0 radical (unpaired) electrons. The van der Waals surface area contributed by atoms with Gasteiger partial charge in [-0.05, 0) is 6.42 Å². The van der Waals surface area contributed by atoms with Crippen LogP contribution in [0.4, 0.5) is 4.79 Å². The van der Waals surface area contributed by atoms with Gasteiger partial charge in [0, 0.05) is 6.54 Å². The summed E-state index contributed by atoms with van der Waals surface area (Å²) in [7, 11) is 1.33. The van der Waals surface area contributed by atoms with Gasteiger partial charge in [-0.3, -0.25) is 4.79 Å². The SMILES string of the molecule is CCCOC(=O)N1CCOC(CC(=O)OC)C1. The number of hydrogen-bond donors (Lipinski definition) is 0. The Morgan fingerprint density at radius 2 is 2.24 bits per heavy atom. The molecule has 6 heteroatoms. The molecule has 0 N–H and O–H groups in total. The summed E-state index contributed by atoms with van der Waals surface area (Å²) in [4.78, 5) is 24.2. The standard InChI is InChI=1S/C11H19NO5/c1-3-5-17-11(14)12-4-6-16-9(8-12)7-10(13)15-2/h9H,3-8H2,1-2H3. The quantitative estimate of drug-likeness (QED) is 0.685. The van der Waals surface area contributed by atoms with Crippen LogP contribution in [0, 0.1) is 0 Å². The second-order valence-electron chi connectivity index (χ2n) is 3.83. The molecule has 1 saturated heterocycles. The summed E-state index contributed by atoms with van der Waals surface area (Å²) < 4.78 is 15.0. The van der Waals surface area contributed by atoms with E-state index in [9.17, 15) is 9.59 Å². The van der Waals surface area contributed by atoms with Gasteiger partial charge in [-0.1, -0.05) is 6.92 Å². The molecule has 1 amide bonds. The molecule has 0 aromatic rings. The first-order chi connectivity index (χ1) is 8.17. The Balaban J connectivity index is 2.37. The minimum Gasteiger partial charge on any atom is -0.469 e. The Labute approximate surface area is 101 Å². The monoisotopic (exact) mass is 245 g/mol. The number of morpholine rings is 1. The first-order valence-electron chi connectivity index (χ1n) is 5.77. The van der Waals surface area contributed by atoms with Crippen molar-refractivity contribution in [3.63, 3.8) is 0 Å². The molecule has 1 atom stereocenters. The van der Waals surface area contributed by atoms with Crippen molar-refractivity contribution in [3.8, 4) is 0 Å². The summed E-state index contributed by atoms with van der Waals surface area (Å²) in [6.07, 6.45) is 0.311. The van der Waals surface area contributed by atoms with E-state index < -0.39 is 0 Å². The highest BCUT2D eigenvalue weighted by Gasteiger charge is 2.26. The largest absolute Gasteiger partial charge is 0.469 e. The van der Waals surface area contributed by atoms with Gasteiger partial charge in [-0.2, -0.15) is 0 Å². The molecule has 98 valence electrons. The lowest BCUT2D eigenvalue weighted by atomic mass is 10.2. The lowest BCUT2D eigenvalue weighted by Gasteiger charge is -2.31. The first-order valence-corrected chi connectivity index (χ1v) is 5.77. The fourth-order valence-electron chi connectivity index (χ4n) is 1.56. The van der Waals surface area contributed by atoms with Gasteiger partial charge < -0.3 is 19.1 Å². The second kappa shape index (κ2) is 7.11. The van der Waals surface area contributed by atoms with E-state index in [0.29, 0.717) is 26.3 Å². The molecule has 0 aromatic carbocycles. The maximum absolute atomic E-state index is 11.6. The number of rotatable bonds is 4. The van der Waals surface area contributed by atoms with E-state index in [2.05, 4.69) is 4.74 Å². The Hall–Kier alpha value is -1.30. The predicted molar refractivity (Wildman–Crippen MR) is 59.6 cm³/mol. The van der Waals surface area contributed by atoms with Crippen molar-refractivity contribution >= 4 is 12.1 Å². The number of carbonyl (C=O) groups excluding carboxylic acids is 2. The van der Waals surface area contributed by atoms with Crippen molar-refractivity contribution in [2.75, 3.05) is 33.4 Å². The van der Waals surface area contributed by atoms with E-state index in [1.165, 1.54) is 7.11 Å². The number of carbonyl (C=O) groups is 2. The number of amides is 1. The maximum Gasteiger partial charge on any atom is 0.409 e. The zero-order chi connectivity index (χ0) is 12.7. The van der Waals surface area contributed by atoms with E-state index in [0.717, 1.165) is 6.42 Å². The summed E-state index contributed by atoms with van der Waals surface area (Å²) in [5.41, 5.74) is 0. The van der Waals surface area contributed by atoms with Crippen LogP contribution < -0.4 is 0 Å². The summed E-state index contributed by atoms with van der Waals surface area (Å²) in [6, 6.07) is 0. The number of ether oxygens (including phenoxy) is 3. The molecule has 0 saturated carbocycles. The maximum atomic E-state index is 11.6. The van der Waals surface area contributed by atoms with Crippen LogP contribution in [0.3, 0.4) is 0 Å². The summed E-state index contributed by atoms with van der Waals surface area (Å²) in [6.45, 7) is 3.64. The van der Waals surface area contributed by atoms with Crippen molar-refractivity contribution in [3.05, 3.63) is 0 Å². The van der Waals surface area contributed by atoms with Gasteiger partial charge in [-0.25, -0.2) is 4.79 Å². The molecule has 0 aromatic heterocycles. The number of hydrogen-bond acceptors (Lipinski definition) is 5. The predicted octanol–water partition coefficient (Wildman–Crippen LogP) is 0.797. The van der Waals surface area contributed by atoms with Gasteiger partial charge in [-0.15, -0.1) is 0 Å². The Kier molecular flexibility index (Phi) is 5.76. The fraction of sp³-hybridized carbons (Fsp3) is 0.818. The lowest BCUT2D eigenvalue weighted by Crippen LogP contribution is -2.46. The van der Waals surface area contributed by atoms with Crippen LogP contribution in [-0.4, -0.2) is 56.5 Å². The van der Waals surface area contributed by atoms with Crippen LogP contribution in [0.5, 0.6) is 0 Å². The van der Waals surface area contributed by atoms with Crippen LogP contribution in [0.25, 0.3) is 0 Å². The molecule has 0 aliphatic carbocycles. The third-order valence-corrected chi connectivity index (χ3v) is 2.45. The van der Waals surface area contributed by atoms with Crippen molar-refractivity contribution in [1.29, 1.82) is 0 Å². The zero-order valence-corrected chi connectivity index (χ0v) is 10.3. The van der Waals surface area contributed by atoms with Crippen molar-refractivity contribution in [2.45, 2.75) is 25.9 Å². The molecule has 1 fully saturated rings. The minimum atomic E-state index is -0.343. The Morgan fingerprint density at radius 1 is 1.47 bits per heavy atom. The first kappa shape index (κ1) is 13.8. The smallest absolute Gasteiger partial charge is 0.409 e. The van der Waals surface area contributed by atoms with E-state index in [1.54, 1.807) is 4.90 Å². The molecule has 17 heavy (non-hydrogen) atoms. The molecule has 6 nitrogen and oxygen atoms in total. The zero-order valence-electron chi connectivity index (χ0n) is 10.3. The molecule has 1 aliphatic heterocycles. The van der Waals surface area contributed by atoms with Gasteiger partial charge in [0.05, 0.1) is 39.4 Å². The van der Waals surface area contributed by atoms with Crippen molar-refractivity contribution in [2.24, 2.45) is 0 Å². The molecular weight excluding hydrogens is 226 g/mol. The molecule has 1 aliphatic rings. The van der Waals surface area contributed by atoms with E-state index >= 15 is 0 Å². The topological polar surface area (TPSA) is 65.1 Å². The fourth-order valence-corrected chi connectivity index (χ4v) is 1.56. The molecule has 1 unspecified atom stereocenters. The minimum absolute atomic E-state index is 0.161. The molecule has 1 rings (SSSR count). The van der Waals surface area contributed by atoms with Crippen LogP contribution in [0.1, 0.15) is 19.8 Å². The van der Waals surface area contributed by atoms with Crippen LogP contribution in [0.2, 0.25) is 0 Å². The van der Waals surface area contributed by atoms with E-state index in [1.807, 2.05) is 6.92 Å². The van der Waals surface area contributed by atoms with Gasteiger partial charge in [0.2, 0.25) is 0 Å². The summed E-state index contributed by atoms with van der Waals surface area (Å²) in [5.74, 6) is -0.334. The third-order valence-electron chi connectivity index (χ3n) is 2.45. The summed E-state index contributed by atoms with van der Waals surface area (Å²) in [5, 5.41) is 0. The summed E-state index contributed by atoms with van der Waals surface area (Å²) >= 11 is 0. The average molecular weight is 245 g/mol. The molecular formula is C11H19NO5. The van der Waals surface area contributed by atoms with E-state index in [-0.39, 0.29) is 24.6 Å². The third kappa shape index (κ3) is 4.60. The van der Waals surface area contributed by atoms with Crippen LogP contribution in [0.15, 0.2) is 0 Å². The highest BCUT2D eigenvalue weighted by atomic mass is 16.6. The highest BCUT2D eigenvalue weighted by Crippen LogP contribution is 2.10. The Morgan fingerprint density at radius 3 is 2.88 bits per heavy atom. The Bertz CT molecular complexity index is 269. The second-order valence-corrected chi connectivity index (χ2v) is 3.83. The van der Waals surface area contributed by atoms with Gasteiger partial charge in [0.25, 0.3) is 0 Å². The molecule has 0 bridgehead atoms. The number of methoxy groups -OCH3 is 1. The number of nitrogens with zero attached hydrogens (tertiary/aromatic N) is 1. The van der Waals surface area contributed by atoms with E-state index in [4.69, 9.17) is 9.47 Å². The van der Waals surface area contributed by atoms with Crippen molar-refractivity contribution < 1.29 is 23.8 Å². The average Bonchev–Trinajstić information content (AvgIpc) is 2.36. The molecule has 0 spiro atoms.